The monoisotopic (exact) mass is 143 g/mol. The molecular formula is C6H13N3O. The predicted molar refractivity (Wildman–Crippen MR) is 40.2 cm³/mol. The Morgan fingerprint density at radius 1 is 1.80 bits per heavy atom. The van der Waals surface area contributed by atoms with E-state index in [0.29, 0.717) is 6.67 Å². The minimum absolute atomic E-state index is 0.433. The lowest BCUT2D eigenvalue weighted by atomic mass is 10.7. The lowest BCUT2D eigenvalue weighted by molar-refractivity contribution is 0.217. The van der Waals surface area contributed by atoms with Crippen LogP contribution in [0.25, 0.3) is 0 Å². The van der Waals surface area contributed by atoms with Gasteiger partial charge >= 0.3 is 6.03 Å². The molecule has 0 spiro atoms. The van der Waals surface area contributed by atoms with Gasteiger partial charge in [0.2, 0.25) is 0 Å². The van der Waals surface area contributed by atoms with Crippen molar-refractivity contribution < 1.29 is 4.79 Å². The van der Waals surface area contributed by atoms with Gasteiger partial charge < -0.3 is 16.0 Å². The third-order valence-electron chi connectivity index (χ3n) is 0.989. The van der Waals surface area contributed by atoms with E-state index in [2.05, 4.69) is 5.32 Å². The summed E-state index contributed by atoms with van der Waals surface area (Å²) in [6.45, 7) is 2.33. The molecular weight excluding hydrogens is 130 g/mol. The number of nitrogens with one attached hydrogen (secondary N) is 1. The van der Waals surface area contributed by atoms with Gasteiger partial charge in [0, 0.05) is 7.05 Å². The highest BCUT2D eigenvalue weighted by Crippen LogP contribution is 1.75. The fraction of sp³-hybridized carbons (Fsp3) is 0.500. The molecule has 3 N–H and O–H groups in total. The fourth-order valence-electron chi connectivity index (χ4n) is 0.385. The zero-order valence-corrected chi connectivity index (χ0v) is 6.29. The first-order valence-corrected chi connectivity index (χ1v) is 3.03. The molecule has 0 aliphatic carbocycles. The first-order chi connectivity index (χ1) is 4.68. The van der Waals surface area contributed by atoms with Gasteiger partial charge in [0.25, 0.3) is 0 Å². The number of carbonyl (C=O) groups excluding carboxylic acids is 1. The largest absolute Gasteiger partial charge is 0.374 e. The van der Waals surface area contributed by atoms with Crippen molar-refractivity contribution in [2.75, 3.05) is 13.7 Å². The van der Waals surface area contributed by atoms with Gasteiger partial charge in [-0.15, -0.1) is 0 Å². The van der Waals surface area contributed by atoms with Gasteiger partial charge in [-0.1, -0.05) is 6.08 Å². The SMILES string of the molecule is CC=CNCN(C)C(N)=O. The minimum atomic E-state index is -0.433. The van der Waals surface area contributed by atoms with Gasteiger partial charge in [-0.3, -0.25) is 0 Å². The van der Waals surface area contributed by atoms with E-state index in [1.54, 1.807) is 13.2 Å². The molecule has 0 aromatic heterocycles. The number of hydrogen-bond donors (Lipinski definition) is 2. The van der Waals surface area contributed by atoms with E-state index in [1.165, 1.54) is 4.90 Å². The highest BCUT2D eigenvalue weighted by molar-refractivity contribution is 5.71. The molecule has 0 aromatic rings. The summed E-state index contributed by atoms with van der Waals surface area (Å²) in [6, 6.07) is -0.433. The molecule has 0 unspecified atom stereocenters. The third-order valence-corrected chi connectivity index (χ3v) is 0.989. The Labute approximate surface area is 60.7 Å². The van der Waals surface area contributed by atoms with E-state index < -0.39 is 6.03 Å². The van der Waals surface area contributed by atoms with Crippen molar-refractivity contribution >= 4 is 6.03 Å². The number of allylic oxidation sites excluding steroid dienone is 1. The quantitative estimate of drug-likeness (QED) is 0.549. The van der Waals surface area contributed by atoms with E-state index in [0.717, 1.165) is 0 Å². The van der Waals surface area contributed by atoms with Gasteiger partial charge in [-0.05, 0) is 13.1 Å². The zero-order chi connectivity index (χ0) is 7.98. The van der Waals surface area contributed by atoms with Gasteiger partial charge in [0.15, 0.2) is 0 Å². The Bertz CT molecular complexity index is 133. The van der Waals surface area contributed by atoms with E-state index in [-0.39, 0.29) is 0 Å². The number of urea groups is 1. The molecule has 0 rings (SSSR count). The topological polar surface area (TPSA) is 58.4 Å². The van der Waals surface area contributed by atoms with Crippen LogP contribution in [0.2, 0.25) is 0 Å². The van der Waals surface area contributed by atoms with E-state index >= 15 is 0 Å². The summed E-state index contributed by atoms with van der Waals surface area (Å²) in [5.41, 5.74) is 4.94. The molecule has 0 aliphatic heterocycles. The standard InChI is InChI=1S/C6H13N3O/c1-3-4-8-5-9(2)6(7)10/h3-4,8H,5H2,1-2H3,(H2,7,10). The molecule has 2 amide bonds. The van der Waals surface area contributed by atoms with Crippen LogP contribution >= 0.6 is 0 Å². The van der Waals surface area contributed by atoms with Crippen LogP contribution in [0.3, 0.4) is 0 Å². The zero-order valence-electron chi connectivity index (χ0n) is 6.29. The molecule has 0 saturated heterocycles. The summed E-state index contributed by atoms with van der Waals surface area (Å²) in [5, 5.41) is 2.86. The Hall–Kier alpha value is -1.19. The molecule has 0 heterocycles. The van der Waals surface area contributed by atoms with E-state index in [4.69, 9.17) is 5.73 Å². The van der Waals surface area contributed by atoms with Crippen LogP contribution in [0.4, 0.5) is 4.79 Å². The first-order valence-electron chi connectivity index (χ1n) is 3.03. The van der Waals surface area contributed by atoms with Gasteiger partial charge in [0.05, 0.1) is 6.67 Å². The number of hydrogen-bond acceptors (Lipinski definition) is 2. The summed E-state index contributed by atoms with van der Waals surface area (Å²) in [4.78, 5) is 11.8. The van der Waals surface area contributed by atoms with Crippen molar-refractivity contribution in [2.24, 2.45) is 5.73 Å². The Morgan fingerprint density at radius 3 is 2.80 bits per heavy atom. The molecule has 0 fully saturated rings. The normalized spacial score (nSPS) is 9.80. The average Bonchev–Trinajstić information content (AvgIpc) is 1.88. The number of nitrogens with zero attached hydrogens (tertiary/aromatic N) is 1. The van der Waals surface area contributed by atoms with Crippen molar-refractivity contribution in [2.45, 2.75) is 6.92 Å². The highest BCUT2D eigenvalue weighted by Gasteiger charge is 1.97. The number of amides is 2. The molecule has 0 saturated carbocycles. The van der Waals surface area contributed by atoms with Crippen molar-refractivity contribution in [3.05, 3.63) is 12.3 Å². The van der Waals surface area contributed by atoms with Crippen LogP contribution in [-0.4, -0.2) is 24.6 Å². The molecule has 0 atom stereocenters. The number of primary amides is 1. The van der Waals surface area contributed by atoms with Crippen LogP contribution in [0.15, 0.2) is 12.3 Å². The van der Waals surface area contributed by atoms with Crippen molar-refractivity contribution in [1.29, 1.82) is 0 Å². The van der Waals surface area contributed by atoms with Crippen LogP contribution in [0.5, 0.6) is 0 Å². The van der Waals surface area contributed by atoms with Crippen LogP contribution in [0.1, 0.15) is 6.92 Å². The second kappa shape index (κ2) is 4.67. The minimum Gasteiger partial charge on any atom is -0.374 e. The van der Waals surface area contributed by atoms with Crippen molar-refractivity contribution in [3.63, 3.8) is 0 Å². The van der Waals surface area contributed by atoms with Gasteiger partial charge in [-0.2, -0.15) is 0 Å². The summed E-state index contributed by atoms with van der Waals surface area (Å²) in [7, 11) is 1.62. The molecule has 58 valence electrons. The van der Waals surface area contributed by atoms with Gasteiger partial charge in [0.1, 0.15) is 0 Å². The third kappa shape index (κ3) is 3.77. The molecule has 0 bridgehead atoms. The maximum absolute atomic E-state index is 10.4. The average molecular weight is 143 g/mol. The first kappa shape index (κ1) is 8.81. The highest BCUT2D eigenvalue weighted by atomic mass is 16.2. The van der Waals surface area contributed by atoms with Crippen LogP contribution < -0.4 is 11.1 Å². The van der Waals surface area contributed by atoms with Crippen LogP contribution in [-0.2, 0) is 0 Å². The van der Waals surface area contributed by atoms with E-state index in [1.807, 2.05) is 13.0 Å². The van der Waals surface area contributed by atoms with Gasteiger partial charge in [-0.25, -0.2) is 4.79 Å². The molecule has 0 aromatic carbocycles. The molecule has 4 heteroatoms. The number of nitrogens with two attached hydrogens (primary N) is 1. The summed E-state index contributed by atoms with van der Waals surface area (Å²) in [5.74, 6) is 0. The molecule has 4 nitrogen and oxygen atoms in total. The predicted octanol–water partition coefficient (Wildman–Crippen LogP) is 0.0776. The molecule has 0 aliphatic rings. The second-order valence-corrected chi connectivity index (χ2v) is 1.90. The molecule has 0 radical (unpaired) electrons. The molecule has 10 heavy (non-hydrogen) atoms. The summed E-state index contributed by atoms with van der Waals surface area (Å²) >= 11 is 0. The second-order valence-electron chi connectivity index (χ2n) is 1.90. The lowest BCUT2D eigenvalue weighted by Gasteiger charge is -2.12. The smallest absolute Gasteiger partial charge is 0.315 e. The van der Waals surface area contributed by atoms with Crippen molar-refractivity contribution in [1.82, 2.24) is 10.2 Å². The summed E-state index contributed by atoms with van der Waals surface area (Å²) in [6.07, 6.45) is 3.59. The van der Waals surface area contributed by atoms with Crippen molar-refractivity contribution in [3.8, 4) is 0 Å². The number of carbonyl (C=O) groups is 1. The van der Waals surface area contributed by atoms with Crippen LogP contribution in [0, 0.1) is 0 Å². The Balaban J connectivity index is 3.39. The number of rotatable bonds is 3. The maximum Gasteiger partial charge on any atom is 0.315 e. The summed E-state index contributed by atoms with van der Waals surface area (Å²) < 4.78 is 0. The Morgan fingerprint density at radius 2 is 2.40 bits per heavy atom. The van der Waals surface area contributed by atoms with E-state index in [9.17, 15) is 4.79 Å². The lowest BCUT2D eigenvalue weighted by Crippen LogP contribution is -2.37. The maximum atomic E-state index is 10.4. The Kier molecular flexibility index (Phi) is 4.11. The fourth-order valence-corrected chi connectivity index (χ4v) is 0.385.